The molecular weight excluding hydrogens is 282 g/mol. The number of carbonyl (C=O) groups excluding carboxylic acids is 1. The number of esters is 1. The van der Waals surface area contributed by atoms with Crippen LogP contribution in [0.1, 0.15) is 18.9 Å². The van der Waals surface area contributed by atoms with E-state index in [1.807, 2.05) is 12.1 Å². The second-order valence-electron chi connectivity index (χ2n) is 3.92. The van der Waals surface area contributed by atoms with Gasteiger partial charge in [-0.2, -0.15) is 0 Å². The normalized spacial score (nSPS) is 9.55. The van der Waals surface area contributed by atoms with Gasteiger partial charge in [-0.15, -0.1) is 12.4 Å². The van der Waals surface area contributed by atoms with Gasteiger partial charge in [-0.25, -0.2) is 0 Å². The summed E-state index contributed by atoms with van der Waals surface area (Å²) in [6, 6.07) is 5.54. The molecular formula is C14H22ClNO4. The number of nitrogens with two attached hydrogens (primary N) is 1. The van der Waals surface area contributed by atoms with Crippen molar-refractivity contribution in [3.05, 3.63) is 23.8 Å². The molecule has 6 heteroatoms. The minimum absolute atomic E-state index is 0. The Morgan fingerprint density at radius 2 is 2.10 bits per heavy atom. The zero-order valence-electron chi connectivity index (χ0n) is 11.9. The first kappa shape index (κ1) is 18.5. The molecule has 0 unspecified atom stereocenters. The molecule has 0 aliphatic carbocycles. The Labute approximate surface area is 125 Å². The molecule has 0 heterocycles. The Kier molecular flexibility index (Phi) is 9.59. The molecule has 0 atom stereocenters. The van der Waals surface area contributed by atoms with Gasteiger partial charge in [-0.3, -0.25) is 4.79 Å². The molecule has 0 saturated carbocycles. The molecule has 0 fully saturated rings. The SMILES string of the molecule is CCOC(=O)CCc1ccc(OCCN)cc1OC.Cl. The molecule has 0 saturated heterocycles. The van der Waals surface area contributed by atoms with Crippen molar-refractivity contribution >= 4 is 18.4 Å². The van der Waals surface area contributed by atoms with Crippen molar-refractivity contribution in [3.8, 4) is 11.5 Å². The van der Waals surface area contributed by atoms with Crippen molar-refractivity contribution in [2.75, 3.05) is 26.9 Å². The Balaban J connectivity index is 0.00000361. The van der Waals surface area contributed by atoms with Gasteiger partial charge in [0.1, 0.15) is 18.1 Å². The van der Waals surface area contributed by atoms with Crippen LogP contribution in [0.15, 0.2) is 18.2 Å². The monoisotopic (exact) mass is 303 g/mol. The summed E-state index contributed by atoms with van der Waals surface area (Å²) in [6.07, 6.45) is 0.923. The summed E-state index contributed by atoms with van der Waals surface area (Å²) in [5.41, 5.74) is 6.33. The van der Waals surface area contributed by atoms with E-state index in [4.69, 9.17) is 19.9 Å². The molecule has 114 valence electrons. The molecule has 0 aromatic heterocycles. The van der Waals surface area contributed by atoms with Crippen molar-refractivity contribution < 1.29 is 19.0 Å². The van der Waals surface area contributed by atoms with Crippen LogP contribution in [0.25, 0.3) is 0 Å². The lowest BCUT2D eigenvalue weighted by Crippen LogP contribution is -2.10. The van der Waals surface area contributed by atoms with Crippen molar-refractivity contribution in [3.63, 3.8) is 0 Å². The van der Waals surface area contributed by atoms with Crippen LogP contribution in [0.5, 0.6) is 11.5 Å². The Morgan fingerprint density at radius 1 is 1.35 bits per heavy atom. The molecule has 20 heavy (non-hydrogen) atoms. The fourth-order valence-electron chi connectivity index (χ4n) is 1.67. The van der Waals surface area contributed by atoms with E-state index in [0.29, 0.717) is 44.1 Å². The number of aryl methyl sites for hydroxylation is 1. The van der Waals surface area contributed by atoms with E-state index in [2.05, 4.69) is 0 Å². The average molecular weight is 304 g/mol. The Hall–Kier alpha value is -1.46. The van der Waals surface area contributed by atoms with E-state index in [1.165, 1.54) is 0 Å². The van der Waals surface area contributed by atoms with Crippen molar-refractivity contribution in [1.29, 1.82) is 0 Å². The minimum Gasteiger partial charge on any atom is -0.496 e. The van der Waals surface area contributed by atoms with Crippen molar-refractivity contribution in [2.45, 2.75) is 19.8 Å². The summed E-state index contributed by atoms with van der Waals surface area (Å²) in [7, 11) is 1.59. The topological polar surface area (TPSA) is 70.8 Å². The lowest BCUT2D eigenvalue weighted by atomic mass is 10.1. The average Bonchev–Trinajstić information content (AvgIpc) is 2.43. The molecule has 1 aromatic carbocycles. The number of hydrogen-bond donors (Lipinski definition) is 1. The van der Waals surface area contributed by atoms with E-state index in [9.17, 15) is 4.79 Å². The molecule has 5 nitrogen and oxygen atoms in total. The maximum atomic E-state index is 11.3. The zero-order chi connectivity index (χ0) is 14.1. The van der Waals surface area contributed by atoms with Gasteiger partial charge in [0, 0.05) is 19.0 Å². The van der Waals surface area contributed by atoms with Crippen LogP contribution in [0.4, 0.5) is 0 Å². The number of ether oxygens (including phenoxy) is 3. The maximum Gasteiger partial charge on any atom is 0.306 e. The number of methoxy groups -OCH3 is 1. The highest BCUT2D eigenvalue weighted by Gasteiger charge is 2.08. The molecule has 1 aromatic rings. The van der Waals surface area contributed by atoms with E-state index in [0.717, 1.165) is 5.56 Å². The van der Waals surface area contributed by atoms with Crippen LogP contribution in [0, 0.1) is 0 Å². The summed E-state index contributed by atoms with van der Waals surface area (Å²) in [6.45, 7) is 3.13. The fraction of sp³-hybridized carbons (Fsp3) is 0.500. The summed E-state index contributed by atoms with van der Waals surface area (Å²) >= 11 is 0. The standard InChI is InChI=1S/C14H21NO4.ClH/c1-3-18-14(16)7-5-11-4-6-12(19-9-8-15)10-13(11)17-2;/h4,6,10H,3,5,7-9,15H2,1-2H3;1H. The van der Waals surface area contributed by atoms with Crippen LogP contribution in [0.2, 0.25) is 0 Å². The van der Waals surface area contributed by atoms with Crippen LogP contribution in [0.3, 0.4) is 0 Å². The number of hydrogen-bond acceptors (Lipinski definition) is 5. The zero-order valence-corrected chi connectivity index (χ0v) is 12.7. The van der Waals surface area contributed by atoms with Crippen molar-refractivity contribution in [2.24, 2.45) is 5.73 Å². The third kappa shape index (κ3) is 6.12. The molecule has 0 radical (unpaired) electrons. The predicted molar refractivity (Wildman–Crippen MR) is 79.7 cm³/mol. The van der Waals surface area contributed by atoms with E-state index < -0.39 is 0 Å². The minimum atomic E-state index is -0.201. The summed E-state index contributed by atoms with van der Waals surface area (Å²) in [5.74, 6) is 1.22. The fourth-order valence-corrected chi connectivity index (χ4v) is 1.67. The third-order valence-electron chi connectivity index (χ3n) is 2.55. The first-order valence-corrected chi connectivity index (χ1v) is 6.36. The van der Waals surface area contributed by atoms with Gasteiger partial charge in [0.25, 0.3) is 0 Å². The first-order chi connectivity index (χ1) is 9.21. The van der Waals surface area contributed by atoms with Gasteiger partial charge < -0.3 is 19.9 Å². The van der Waals surface area contributed by atoms with Gasteiger partial charge in [-0.05, 0) is 25.0 Å². The molecule has 0 amide bonds. The van der Waals surface area contributed by atoms with Crippen LogP contribution < -0.4 is 15.2 Å². The third-order valence-corrected chi connectivity index (χ3v) is 2.55. The molecule has 0 spiro atoms. The molecule has 2 N–H and O–H groups in total. The van der Waals surface area contributed by atoms with Gasteiger partial charge in [-0.1, -0.05) is 6.07 Å². The molecule has 0 aliphatic rings. The lowest BCUT2D eigenvalue weighted by Gasteiger charge is -2.11. The van der Waals surface area contributed by atoms with Gasteiger partial charge in [0.15, 0.2) is 0 Å². The molecule has 0 aliphatic heterocycles. The number of benzene rings is 1. The van der Waals surface area contributed by atoms with E-state index in [1.54, 1.807) is 20.1 Å². The number of rotatable bonds is 8. The van der Waals surface area contributed by atoms with Gasteiger partial charge >= 0.3 is 5.97 Å². The predicted octanol–water partition coefficient (Wildman–Crippen LogP) is 1.95. The Morgan fingerprint density at radius 3 is 2.70 bits per heavy atom. The Bertz CT molecular complexity index is 412. The lowest BCUT2D eigenvalue weighted by molar-refractivity contribution is -0.143. The quantitative estimate of drug-likeness (QED) is 0.743. The summed E-state index contributed by atoms with van der Waals surface area (Å²) < 4.78 is 15.6. The van der Waals surface area contributed by atoms with Crippen LogP contribution in [-0.2, 0) is 16.0 Å². The summed E-state index contributed by atoms with van der Waals surface area (Å²) in [5, 5.41) is 0. The molecule has 0 bridgehead atoms. The van der Waals surface area contributed by atoms with E-state index >= 15 is 0 Å². The molecule has 1 rings (SSSR count). The number of carbonyl (C=O) groups is 1. The first-order valence-electron chi connectivity index (χ1n) is 6.36. The highest BCUT2D eigenvalue weighted by Crippen LogP contribution is 2.25. The second kappa shape index (κ2) is 10.3. The van der Waals surface area contributed by atoms with Crippen LogP contribution >= 0.6 is 12.4 Å². The highest BCUT2D eigenvalue weighted by atomic mass is 35.5. The smallest absolute Gasteiger partial charge is 0.306 e. The largest absolute Gasteiger partial charge is 0.496 e. The number of halogens is 1. The van der Waals surface area contributed by atoms with Gasteiger partial charge in [0.05, 0.1) is 13.7 Å². The second-order valence-corrected chi connectivity index (χ2v) is 3.92. The summed E-state index contributed by atoms with van der Waals surface area (Å²) in [4.78, 5) is 11.3. The highest BCUT2D eigenvalue weighted by molar-refractivity contribution is 5.85. The van der Waals surface area contributed by atoms with Crippen molar-refractivity contribution in [1.82, 2.24) is 0 Å². The van der Waals surface area contributed by atoms with Crippen LogP contribution in [-0.4, -0.2) is 32.8 Å². The van der Waals surface area contributed by atoms with E-state index in [-0.39, 0.29) is 18.4 Å². The van der Waals surface area contributed by atoms with Gasteiger partial charge in [0.2, 0.25) is 0 Å². The maximum absolute atomic E-state index is 11.3.